The number of carbonyl (C=O) groups is 1. The van der Waals surface area contributed by atoms with Gasteiger partial charge >= 0.3 is 5.97 Å². The molecule has 0 aliphatic heterocycles. The van der Waals surface area contributed by atoms with Crippen LogP contribution >= 0.6 is 23.1 Å². The van der Waals surface area contributed by atoms with E-state index in [2.05, 4.69) is 15.9 Å². The van der Waals surface area contributed by atoms with Gasteiger partial charge in [-0.15, -0.1) is 11.3 Å². The van der Waals surface area contributed by atoms with Crippen LogP contribution in [0, 0.1) is 11.2 Å². The summed E-state index contributed by atoms with van der Waals surface area (Å²) in [7, 11) is 1.37. The van der Waals surface area contributed by atoms with Gasteiger partial charge in [0, 0.05) is 4.90 Å². The van der Waals surface area contributed by atoms with Gasteiger partial charge in [0.25, 0.3) is 0 Å². The monoisotopic (exact) mass is 274 g/mol. The Labute approximate surface area is 114 Å². The fourth-order valence-electron chi connectivity index (χ4n) is 1.26. The van der Waals surface area contributed by atoms with Crippen LogP contribution in [0.15, 0.2) is 46.7 Å². The van der Waals surface area contributed by atoms with Gasteiger partial charge in [-0.1, -0.05) is 6.07 Å². The van der Waals surface area contributed by atoms with Crippen LogP contribution in [0.4, 0.5) is 0 Å². The lowest BCUT2D eigenvalue weighted by atomic mass is 10.2. The Balaban J connectivity index is 2.00. The quantitative estimate of drug-likeness (QED) is 0.475. The minimum atomic E-state index is -0.323. The first-order chi connectivity index (χ1) is 8.79. The summed E-state index contributed by atoms with van der Waals surface area (Å²) in [5.41, 5.74) is 0.549. The Hall–Kier alpha value is -1.70. The van der Waals surface area contributed by atoms with E-state index in [4.69, 9.17) is 0 Å². The van der Waals surface area contributed by atoms with Gasteiger partial charge in [0.2, 0.25) is 0 Å². The second-order valence-corrected chi connectivity index (χ2v) is 5.15. The molecule has 1 aromatic heterocycles. The number of rotatable bonds is 2. The summed E-state index contributed by atoms with van der Waals surface area (Å²) in [5.74, 6) is 2.74. The highest BCUT2D eigenvalue weighted by Gasteiger charge is 2.03. The van der Waals surface area contributed by atoms with E-state index in [1.165, 1.54) is 18.9 Å². The summed E-state index contributed by atoms with van der Waals surface area (Å²) in [6.45, 7) is 0. The highest BCUT2D eigenvalue weighted by atomic mass is 32.2. The second kappa shape index (κ2) is 6.29. The van der Waals surface area contributed by atoms with Crippen molar-refractivity contribution in [3.63, 3.8) is 0 Å². The van der Waals surface area contributed by atoms with Crippen molar-refractivity contribution in [1.29, 1.82) is 0 Å². The Morgan fingerprint density at radius 2 is 2.06 bits per heavy atom. The molecule has 1 heterocycles. The summed E-state index contributed by atoms with van der Waals surface area (Å²) in [6.07, 6.45) is 0. The van der Waals surface area contributed by atoms with E-state index in [9.17, 15) is 4.79 Å². The van der Waals surface area contributed by atoms with Crippen molar-refractivity contribution in [3.05, 3.63) is 52.2 Å². The Bertz CT molecular complexity index is 575. The van der Waals surface area contributed by atoms with Gasteiger partial charge in [-0.25, -0.2) is 4.79 Å². The number of benzene rings is 1. The van der Waals surface area contributed by atoms with E-state index in [-0.39, 0.29) is 5.97 Å². The third kappa shape index (κ3) is 3.39. The molecule has 2 rings (SSSR count). The number of hydrogen-bond donors (Lipinski definition) is 0. The molecule has 90 valence electrons. The highest BCUT2D eigenvalue weighted by molar-refractivity contribution is 8.04. The molecule has 0 unspecified atom stereocenters. The number of esters is 1. The summed E-state index contributed by atoms with van der Waals surface area (Å²) < 4.78 is 4.63. The Kier molecular flexibility index (Phi) is 4.46. The van der Waals surface area contributed by atoms with Crippen molar-refractivity contribution in [1.82, 2.24) is 0 Å². The normalized spacial score (nSPS) is 9.39. The number of thioether (sulfide) groups is 1. The number of thiophene rings is 1. The van der Waals surface area contributed by atoms with E-state index < -0.39 is 0 Å². The standard InChI is InChI=1S/C14H10O2S2/c1-16-14(15)11-4-6-13(7-5-11)18-10-8-12-3-2-9-17-12/h2-7,9H,1H3. The predicted octanol–water partition coefficient (Wildman–Crippen LogP) is 3.64. The van der Waals surface area contributed by atoms with E-state index in [0.717, 1.165) is 9.77 Å². The smallest absolute Gasteiger partial charge is 0.337 e. The molecule has 0 N–H and O–H groups in total. The van der Waals surface area contributed by atoms with E-state index in [1.54, 1.807) is 23.5 Å². The zero-order chi connectivity index (χ0) is 12.8. The third-order valence-corrected chi connectivity index (χ3v) is 3.64. The van der Waals surface area contributed by atoms with Crippen molar-refractivity contribution in [2.75, 3.05) is 7.11 Å². The van der Waals surface area contributed by atoms with Crippen LogP contribution in [-0.2, 0) is 4.74 Å². The van der Waals surface area contributed by atoms with Crippen LogP contribution in [0.3, 0.4) is 0 Å². The van der Waals surface area contributed by atoms with Gasteiger partial charge in [0.05, 0.1) is 17.6 Å². The summed E-state index contributed by atoms with van der Waals surface area (Å²) in [4.78, 5) is 13.3. The van der Waals surface area contributed by atoms with Gasteiger partial charge < -0.3 is 4.74 Å². The summed E-state index contributed by atoms with van der Waals surface area (Å²) in [6, 6.07) is 11.2. The molecule has 0 saturated carbocycles. The van der Waals surface area contributed by atoms with Crippen molar-refractivity contribution in [3.8, 4) is 11.2 Å². The average Bonchev–Trinajstić information content (AvgIpc) is 2.92. The molecule has 18 heavy (non-hydrogen) atoms. The van der Waals surface area contributed by atoms with Crippen LogP contribution in [0.2, 0.25) is 0 Å². The van der Waals surface area contributed by atoms with Gasteiger partial charge in [0.1, 0.15) is 0 Å². The van der Waals surface area contributed by atoms with Crippen LogP contribution in [0.1, 0.15) is 15.2 Å². The first kappa shape index (κ1) is 12.7. The van der Waals surface area contributed by atoms with E-state index in [0.29, 0.717) is 5.56 Å². The fourth-order valence-corrected chi connectivity index (χ4v) is 2.45. The number of ether oxygens (including phenoxy) is 1. The maximum atomic E-state index is 11.2. The van der Waals surface area contributed by atoms with Crippen molar-refractivity contribution in [2.45, 2.75) is 4.90 Å². The first-order valence-corrected chi connectivity index (χ1v) is 6.89. The summed E-state index contributed by atoms with van der Waals surface area (Å²) >= 11 is 3.06. The number of hydrogen-bond acceptors (Lipinski definition) is 4. The largest absolute Gasteiger partial charge is 0.465 e. The zero-order valence-corrected chi connectivity index (χ0v) is 11.3. The van der Waals surface area contributed by atoms with Crippen molar-refractivity contribution in [2.24, 2.45) is 0 Å². The van der Waals surface area contributed by atoms with Gasteiger partial charge in [-0.05, 0) is 58.6 Å². The molecule has 4 heteroatoms. The minimum absolute atomic E-state index is 0.323. The van der Waals surface area contributed by atoms with Crippen molar-refractivity contribution >= 4 is 29.1 Å². The Morgan fingerprint density at radius 1 is 1.28 bits per heavy atom. The molecular formula is C14H10O2S2. The Morgan fingerprint density at radius 3 is 2.67 bits per heavy atom. The van der Waals surface area contributed by atoms with Gasteiger partial charge in [-0.3, -0.25) is 0 Å². The topological polar surface area (TPSA) is 26.3 Å². The van der Waals surface area contributed by atoms with E-state index in [1.807, 2.05) is 29.6 Å². The van der Waals surface area contributed by atoms with Crippen LogP contribution < -0.4 is 0 Å². The lowest BCUT2D eigenvalue weighted by Crippen LogP contribution is -1.99. The van der Waals surface area contributed by atoms with E-state index >= 15 is 0 Å². The molecule has 0 radical (unpaired) electrons. The molecule has 0 atom stereocenters. The van der Waals surface area contributed by atoms with Crippen LogP contribution in [0.25, 0.3) is 0 Å². The average molecular weight is 274 g/mol. The zero-order valence-electron chi connectivity index (χ0n) is 9.67. The predicted molar refractivity (Wildman–Crippen MR) is 74.8 cm³/mol. The van der Waals surface area contributed by atoms with Crippen LogP contribution in [0.5, 0.6) is 0 Å². The molecule has 0 saturated heterocycles. The second-order valence-electron chi connectivity index (χ2n) is 3.32. The first-order valence-electron chi connectivity index (χ1n) is 5.19. The molecular weight excluding hydrogens is 264 g/mol. The maximum Gasteiger partial charge on any atom is 0.337 e. The lowest BCUT2D eigenvalue weighted by Gasteiger charge is -1.99. The molecule has 2 aromatic rings. The van der Waals surface area contributed by atoms with Gasteiger partial charge in [0.15, 0.2) is 0 Å². The molecule has 1 aromatic carbocycles. The molecule has 0 fully saturated rings. The van der Waals surface area contributed by atoms with Crippen LogP contribution in [-0.4, -0.2) is 13.1 Å². The molecule has 0 aliphatic carbocycles. The maximum absolute atomic E-state index is 11.2. The van der Waals surface area contributed by atoms with Crippen molar-refractivity contribution < 1.29 is 9.53 Å². The number of carbonyl (C=O) groups excluding carboxylic acids is 1. The third-order valence-electron chi connectivity index (χ3n) is 2.14. The molecule has 0 aliphatic rings. The fraction of sp³-hybridized carbons (Fsp3) is 0.0714. The summed E-state index contributed by atoms with van der Waals surface area (Å²) in [5, 5.41) is 5.03. The highest BCUT2D eigenvalue weighted by Crippen LogP contribution is 2.18. The molecule has 0 amide bonds. The molecule has 0 bridgehead atoms. The SMILES string of the molecule is COC(=O)c1ccc(SC#Cc2cccs2)cc1. The lowest BCUT2D eigenvalue weighted by molar-refractivity contribution is 0.0600. The molecule has 2 nitrogen and oxygen atoms in total. The molecule has 0 spiro atoms. The minimum Gasteiger partial charge on any atom is -0.465 e. The van der Waals surface area contributed by atoms with Gasteiger partial charge in [-0.2, -0.15) is 0 Å². The number of methoxy groups -OCH3 is 1.